The summed E-state index contributed by atoms with van der Waals surface area (Å²) in [6, 6.07) is 10.5. The number of methoxy groups -OCH3 is 1. The van der Waals surface area contributed by atoms with Crippen molar-refractivity contribution in [2.45, 2.75) is 34.6 Å². The van der Waals surface area contributed by atoms with Crippen LogP contribution >= 0.6 is 0 Å². The van der Waals surface area contributed by atoms with Gasteiger partial charge in [0.1, 0.15) is 17.0 Å². The van der Waals surface area contributed by atoms with Crippen LogP contribution in [-0.4, -0.2) is 52.8 Å². The molecule has 0 aliphatic rings. The van der Waals surface area contributed by atoms with Gasteiger partial charge in [-0.05, 0) is 68.9 Å². The lowest BCUT2D eigenvalue weighted by molar-refractivity contribution is 0.0696. The van der Waals surface area contributed by atoms with Crippen LogP contribution in [0.5, 0.6) is 11.5 Å². The molecule has 0 saturated carbocycles. The molecule has 0 aliphatic carbocycles. The second-order valence-electron chi connectivity index (χ2n) is 7.24. The topological polar surface area (TPSA) is 82.9 Å². The number of carbonyl (C=O) groups is 1. The number of aryl methyl sites for hydroxylation is 2. The minimum absolute atomic E-state index is 0.131. The van der Waals surface area contributed by atoms with Gasteiger partial charge in [-0.3, -0.25) is 0 Å². The van der Waals surface area contributed by atoms with Gasteiger partial charge in [-0.25, -0.2) is 9.78 Å². The zero-order chi connectivity index (χ0) is 23.1. The molecule has 31 heavy (non-hydrogen) atoms. The minimum atomic E-state index is -1.18. The molecule has 3 aromatic rings. The van der Waals surface area contributed by atoms with E-state index in [0.717, 1.165) is 11.1 Å². The summed E-state index contributed by atoms with van der Waals surface area (Å²) in [6.45, 7) is 14.0. The molecule has 0 amide bonds. The number of fused-ring (bicyclic) bond motifs is 1. The summed E-state index contributed by atoms with van der Waals surface area (Å²) in [4.78, 5) is 18.6. The van der Waals surface area contributed by atoms with Gasteiger partial charge in [0.25, 0.3) is 0 Å². The highest BCUT2D eigenvalue weighted by Gasteiger charge is 2.22. The summed E-state index contributed by atoms with van der Waals surface area (Å²) >= 11 is 0. The lowest BCUT2D eigenvalue weighted by atomic mass is 9.98. The Morgan fingerprint density at radius 1 is 1.00 bits per heavy atom. The first kappa shape index (κ1) is 24.2. The van der Waals surface area contributed by atoms with Crippen molar-refractivity contribution in [3.05, 3.63) is 53.1 Å². The van der Waals surface area contributed by atoms with Crippen LogP contribution in [0.15, 0.2) is 36.4 Å². The van der Waals surface area contributed by atoms with Crippen molar-refractivity contribution in [2.75, 3.05) is 26.7 Å². The predicted octanol–water partition coefficient (Wildman–Crippen LogP) is 5.28. The molecule has 0 fully saturated rings. The number of carboxylic acid groups (broad SMARTS) is 1. The average molecular weight is 425 g/mol. The van der Waals surface area contributed by atoms with Crippen molar-refractivity contribution in [2.24, 2.45) is 0 Å². The fraction of sp³-hybridized carbons (Fsp3) is 0.360. The van der Waals surface area contributed by atoms with Gasteiger partial charge in [-0.2, -0.15) is 0 Å². The lowest BCUT2D eigenvalue weighted by Crippen LogP contribution is -2.21. The number of hydrogen-bond acceptors (Lipinski definition) is 5. The average Bonchev–Trinajstić information content (AvgIpc) is 2.77. The summed E-state index contributed by atoms with van der Waals surface area (Å²) in [5, 5.41) is 20.5. The number of aromatic hydroxyl groups is 1. The first-order valence-corrected chi connectivity index (χ1v) is 10.5. The van der Waals surface area contributed by atoms with Gasteiger partial charge in [0, 0.05) is 10.9 Å². The molecule has 0 saturated heterocycles. The molecule has 2 aromatic carbocycles. The molecular weight excluding hydrogens is 392 g/mol. The SMILES string of the molecule is CCN(CC)CC.COc1ccc(-c2nc3c(C)c(C)ccc3c(C(=O)O)c2O)cc1. The Labute approximate surface area is 184 Å². The molecule has 0 aliphatic heterocycles. The molecule has 0 bridgehead atoms. The standard InChI is InChI=1S/C19H17NO4.C6H15N/c1-10-4-9-14-15(19(22)23)18(21)17(20-16(14)11(10)2)12-5-7-13(24-3)8-6-12;1-4-7(5-2)6-3/h4-9,21H,1-3H3,(H,22,23);4-6H2,1-3H3. The van der Waals surface area contributed by atoms with E-state index in [0.29, 0.717) is 22.2 Å². The summed E-state index contributed by atoms with van der Waals surface area (Å²) in [5.74, 6) is -0.842. The molecule has 0 radical (unpaired) electrons. The zero-order valence-corrected chi connectivity index (χ0v) is 19.2. The molecule has 2 N–H and O–H groups in total. The maximum Gasteiger partial charge on any atom is 0.340 e. The second kappa shape index (κ2) is 10.8. The molecule has 0 unspecified atom stereocenters. The third kappa shape index (κ3) is 5.33. The van der Waals surface area contributed by atoms with Crippen molar-refractivity contribution in [3.63, 3.8) is 0 Å². The number of aromatic carboxylic acids is 1. The normalized spacial score (nSPS) is 10.7. The monoisotopic (exact) mass is 424 g/mol. The molecule has 3 rings (SSSR count). The first-order chi connectivity index (χ1) is 14.8. The molecule has 1 aromatic heterocycles. The fourth-order valence-electron chi connectivity index (χ4n) is 3.40. The largest absolute Gasteiger partial charge is 0.505 e. The molecule has 0 spiro atoms. The Bertz CT molecular complexity index is 1040. The van der Waals surface area contributed by atoms with E-state index in [2.05, 4.69) is 30.7 Å². The summed E-state index contributed by atoms with van der Waals surface area (Å²) in [5.41, 5.74) is 3.22. The summed E-state index contributed by atoms with van der Waals surface area (Å²) in [7, 11) is 1.56. The smallest absolute Gasteiger partial charge is 0.340 e. The Morgan fingerprint density at radius 3 is 2.03 bits per heavy atom. The number of rotatable bonds is 6. The highest BCUT2D eigenvalue weighted by Crippen LogP contribution is 2.37. The van der Waals surface area contributed by atoms with Crippen molar-refractivity contribution in [1.29, 1.82) is 0 Å². The first-order valence-electron chi connectivity index (χ1n) is 10.5. The van der Waals surface area contributed by atoms with E-state index in [9.17, 15) is 15.0 Å². The Balaban J connectivity index is 0.000000423. The number of benzene rings is 2. The van der Waals surface area contributed by atoms with Crippen molar-refractivity contribution < 1.29 is 19.7 Å². The number of nitrogens with zero attached hydrogens (tertiary/aromatic N) is 2. The van der Waals surface area contributed by atoms with Crippen LogP contribution in [0.4, 0.5) is 0 Å². The zero-order valence-electron chi connectivity index (χ0n) is 19.2. The van der Waals surface area contributed by atoms with E-state index in [-0.39, 0.29) is 17.0 Å². The number of hydrogen-bond donors (Lipinski definition) is 2. The van der Waals surface area contributed by atoms with Crippen molar-refractivity contribution in [1.82, 2.24) is 9.88 Å². The van der Waals surface area contributed by atoms with Crippen LogP contribution in [0.25, 0.3) is 22.2 Å². The molecule has 6 nitrogen and oxygen atoms in total. The Hall–Kier alpha value is -3.12. The molecule has 166 valence electrons. The third-order valence-electron chi connectivity index (χ3n) is 5.57. The van der Waals surface area contributed by atoms with Gasteiger partial charge in [-0.1, -0.05) is 32.9 Å². The number of aromatic nitrogens is 1. The Morgan fingerprint density at radius 2 is 1.58 bits per heavy atom. The van der Waals surface area contributed by atoms with E-state index < -0.39 is 5.97 Å². The lowest BCUT2D eigenvalue weighted by Gasteiger charge is -2.13. The minimum Gasteiger partial charge on any atom is -0.505 e. The van der Waals surface area contributed by atoms with Crippen LogP contribution in [0.1, 0.15) is 42.3 Å². The molecule has 0 atom stereocenters. The molecular formula is C25H32N2O4. The maximum absolute atomic E-state index is 11.7. The van der Waals surface area contributed by atoms with Gasteiger partial charge in [0.15, 0.2) is 5.75 Å². The predicted molar refractivity (Wildman–Crippen MR) is 125 cm³/mol. The van der Waals surface area contributed by atoms with E-state index in [1.54, 1.807) is 37.4 Å². The van der Waals surface area contributed by atoms with Crippen LogP contribution in [0.2, 0.25) is 0 Å². The van der Waals surface area contributed by atoms with Crippen molar-refractivity contribution in [3.8, 4) is 22.8 Å². The van der Waals surface area contributed by atoms with Crippen LogP contribution in [-0.2, 0) is 0 Å². The highest BCUT2D eigenvalue weighted by molar-refractivity contribution is 6.08. The van der Waals surface area contributed by atoms with Gasteiger partial charge in [0.05, 0.1) is 12.6 Å². The summed E-state index contributed by atoms with van der Waals surface area (Å²) in [6.07, 6.45) is 0. The van der Waals surface area contributed by atoms with Gasteiger partial charge in [-0.15, -0.1) is 0 Å². The van der Waals surface area contributed by atoms with Gasteiger partial charge >= 0.3 is 5.97 Å². The van der Waals surface area contributed by atoms with E-state index in [1.807, 2.05) is 19.9 Å². The van der Waals surface area contributed by atoms with E-state index in [1.165, 1.54) is 19.6 Å². The number of ether oxygens (including phenoxy) is 1. The molecule has 6 heteroatoms. The van der Waals surface area contributed by atoms with Crippen LogP contribution in [0, 0.1) is 13.8 Å². The number of carboxylic acids is 1. The third-order valence-corrected chi connectivity index (χ3v) is 5.57. The van der Waals surface area contributed by atoms with E-state index in [4.69, 9.17) is 4.74 Å². The second-order valence-corrected chi connectivity index (χ2v) is 7.24. The number of pyridine rings is 1. The fourth-order valence-corrected chi connectivity index (χ4v) is 3.40. The van der Waals surface area contributed by atoms with Gasteiger partial charge in [0.2, 0.25) is 0 Å². The quantitative estimate of drug-likeness (QED) is 0.560. The Kier molecular flexibility index (Phi) is 8.39. The highest BCUT2D eigenvalue weighted by atomic mass is 16.5. The van der Waals surface area contributed by atoms with Crippen LogP contribution < -0.4 is 4.74 Å². The maximum atomic E-state index is 11.7. The van der Waals surface area contributed by atoms with E-state index >= 15 is 0 Å². The van der Waals surface area contributed by atoms with Crippen LogP contribution in [0.3, 0.4) is 0 Å². The molecule has 1 heterocycles. The summed E-state index contributed by atoms with van der Waals surface area (Å²) < 4.78 is 5.13. The van der Waals surface area contributed by atoms with Crippen molar-refractivity contribution >= 4 is 16.9 Å². The van der Waals surface area contributed by atoms with Gasteiger partial charge < -0.3 is 19.8 Å².